The number of amides is 2. The number of aromatic nitrogens is 1. The third kappa shape index (κ3) is 7.24. The molecule has 0 aliphatic rings. The summed E-state index contributed by atoms with van der Waals surface area (Å²) in [6.45, 7) is 8.98. The average molecular weight is 499 g/mol. The fourth-order valence-corrected chi connectivity index (χ4v) is 4.42. The molecule has 0 radical (unpaired) electrons. The van der Waals surface area contributed by atoms with E-state index in [2.05, 4.69) is 20.3 Å². The summed E-state index contributed by atoms with van der Waals surface area (Å²) >= 11 is 0. The van der Waals surface area contributed by atoms with Crippen molar-refractivity contribution in [2.75, 3.05) is 18.4 Å². The maximum atomic E-state index is 13.1. The highest BCUT2D eigenvalue weighted by Crippen LogP contribution is 2.22. The van der Waals surface area contributed by atoms with Gasteiger partial charge in [-0.05, 0) is 71.0 Å². The number of carbonyl (C=O) groups excluding carboxylic acids is 2. The van der Waals surface area contributed by atoms with Gasteiger partial charge in [0.05, 0.1) is 16.0 Å². The summed E-state index contributed by atoms with van der Waals surface area (Å²) in [6, 6.07) is 13.4. The van der Waals surface area contributed by atoms with E-state index in [0.717, 1.165) is 10.9 Å². The Morgan fingerprint density at radius 3 is 2.46 bits per heavy atom. The Balaban J connectivity index is 1.69. The molecule has 0 aliphatic heterocycles. The van der Waals surface area contributed by atoms with Crippen molar-refractivity contribution in [1.82, 2.24) is 15.0 Å². The molecule has 0 saturated heterocycles. The van der Waals surface area contributed by atoms with E-state index >= 15 is 0 Å². The van der Waals surface area contributed by atoms with Gasteiger partial charge in [0.1, 0.15) is 5.60 Å². The van der Waals surface area contributed by atoms with E-state index in [1.54, 1.807) is 39.0 Å². The standard InChI is InChI=1S/C25H30N4O5S/c1-16-9-10-22-20(13-16)21(14-17(2)28-22)23(30)29-18-7-6-8-19(15-18)35(32,33)27-12-11-26-24(31)34-25(3,4)5/h6-10,13-15,27H,11-12H2,1-5H3,(H,26,31)(H,29,30). The van der Waals surface area contributed by atoms with Crippen LogP contribution in [-0.2, 0) is 14.8 Å². The number of sulfonamides is 1. The zero-order valence-electron chi connectivity index (χ0n) is 20.4. The average Bonchev–Trinajstić information content (AvgIpc) is 2.75. The fourth-order valence-electron chi connectivity index (χ4n) is 3.35. The van der Waals surface area contributed by atoms with Gasteiger partial charge in [0.2, 0.25) is 10.0 Å². The molecule has 35 heavy (non-hydrogen) atoms. The zero-order chi connectivity index (χ0) is 25.8. The van der Waals surface area contributed by atoms with Crippen molar-refractivity contribution in [3.8, 4) is 0 Å². The van der Waals surface area contributed by atoms with Crippen LogP contribution in [0.4, 0.5) is 10.5 Å². The molecule has 0 aliphatic carbocycles. The molecule has 1 heterocycles. The van der Waals surface area contributed by atoms with Gasteiger partial charge < -0.3 is 15.4 Å². The van der Waals surface area contributed by atoms with Crippen molar-refractivity contribution in [2.45, 2.75) is 45.1 Å². The molecule has 0 atom stereocenters. The molecule has 0 bridgehead atoms. The van der Waals surface area contributed by atoms with E-state index in [-0.39, 0.29) is 23.9 Å². The minimum atomic E-state index is -3.87. The van der Waals surface area contributed by atoms with Crippen molar-refractivity contribution in [3.63, 3.8) is 0 Å². The number of anilines is 1. The quantitative estimate of drug-likeness (QED) is 0.424. The first-order chi connectivity index (χ1) is 16.3. The Hall–Kier alpha value is -3.50. The minimum Gasteiger partial charge on any atom is -0.444 e. The number of nitrogens with zero attached hydrogens (tertiary/aromatic N) is 1. The largest absolute Gasteiger partial charge is 0.444 e. The molecular weight excluding hydrogens is 468 g/mol. The maximum Gasteiger partial charge on any atom is 0.407 e. The molecule has 0 saturated carbocycles. The predicted octanol–water partition coefficient (Wildman–Crippen LogP) is 3.91. The summed E-state index contributed by atoms with van der Waals surface area (Å²) in [6.07, 6.45) is -0.629. The highest BCUT2D eigenvalue weighted by atomic mass is 32.2. The van der Waals surface area contributed by atoms with Gasteiger partial charge in [-0.25, -0.2) is 17.9 Å². The number of pyridine rings is 1. The van der Waals surface area contributed by atoms with Crippen LogP contribution >= 0.6 is 0 Å². The van der Waals surface area contributed by atoms with E-state index in [0.29, 0.717) is 22.5 Å². The molecule has 186 valence electrons. The summed E-state index contributed by atoms with van der Waals surface area (Å²) in [5.74, 6) is -0.366. The predicted molar refractivity (Wildman–Crippen MR) is 135 cm³/mol. The van der Waals surface area contributed by atoms with Crippen LogP contribution in [0.5, 0.6) is 0 Å². The van der Waals surface area contributed by atoms with E-state index < -0.39 is 21.7 Å². The number of rotatable bonds is 7. The van der Waals surface area contributed by atoms with Gasteiger partial charge >= 0.3 is 6.09 Å². The molecule has 2 aromatic carbocycles. The molecule has 1 aromatic heterocycles. The third-order valence-corrected chi connectivity index (χ3v) is 6.28. The van der Waals surface area contributed by atoms with Gasteiger partial charge in [-0.2, -0.15) is 0 Å². The highest BCUT2D eigenvalue weighted by molar-refractivity contribution is 7.89. The second-order valence-electron chi connectivity index (χ2n) is 9.14. The van der Waals surface area contributed by atoms with Crippen molar-refractivity contribution in [3.05, 3.63) is 65.4 Å². The number of aryl methyl sites for hydroxylation is 2. The lowest BCUT2D eigenvalue weighted by atomic mass is 10.0. The highest BCUT2D eigenvalue weighted by Gasteiger charge is 2.18. The fraction of sp³-hybridized carbons (Fsp3) is 0.320. The number of fused-ring (bicyclic) bond motifs is 1. The molecule has 3 N–H and O–H groups in total. The van der Waals surface area contributed by atoms with Gasteiger partial charge in [0.25, 0.3) is 5.91 Å². The van der Waals surface area contributed by atoms with Gasteiger partial charge in [0, 0.05) is 29.9 Å². The lowest BCUT2D eigenvalue weighted by Gasteiger charge is -2.19. The molecule has 0 fully saturated rings. The monoisotopic (exact) mass is 498 g/mol. The maximum absolute atomic E-state index is 13.1. The summed E-state index contributed by atoms with van der Waals surface area (Å²) < 4.78 is 32.9. The molecule has 3 rings (SSSR count). The summed E-state index contributed by atoms with van der Waals surface area (Å²) in [7, 11) is -3.87. The van der Waals surface area contributed by atoms with Crippen LogP contribution in [0.2, 0.25) is 0 Å². The number of ether oxygens (including phenoxy) is 1. The van der Waals surface area contributed by atoms with Crippen molar-refractivity contribution < 1.29 is 22.7 Å². The Kier molecular flexibility index (Phi) is 7.76. The topological polar surface area (TPSA) is 126 Å². The Morgan fingerprint density at radius 1 is 1.00 bits per heavy atom. The van der Waals surface area contributed by atoms with Crippen LogP contribution in [0.25, 0.3) is 10.9 Å². The van der Waals surface area contributed by atoms with Gasteiger partial charge in [0.15, 0.2) is 0 Å². The molecule has 2 amide bonds. The smallest absolute Gasteiger partial charge is 0.407 e. The second kappa shape index (κ2) is 10.4. The van der Waals surface area contributed by atoms with Crippen LogP contribution in [0.1, 0.15) is 42.4 Å². The summed E-state index contributed by atoms with van der Waals surface area (Å²) in [5, 5.41) is 5.99. The molecule has 9 nitrogen and oxygen atoms in total. The molecule has 3 aromatic rings. The number of carbonyl (C=O) groups is 2. The number of benzene rings is 2. The molecule has 0 unspecified atom stereocenters. The Bertz CT molecular complexity index is 1360. The molecular formula is C25H30N4O5S. The lowest BCUT2D eigenvalue weighted by molar-refractivity contribution is 0.0528. The van der Waals surface area contributed by atoms with Crippen molar-refractivity contribution >= 4 is 38.6 Å². The van der Waals surface area contributed by atoms with Crippen LogP contribution < -0.4 is 15.4 Å². The van der Waals surface area contributed by atoms with E-state index in [4.69, 9.17) is 4.74 Å². The second-order valence-corrected chi connectivity index (χ2v) is 10.9. The Labute approximate surface area is 205 Å². The first-order valence-corrected chi connectivity index (χ1v) is 12.6. The van der Waals surface area contributed by atoms with Crippen LogP contribution in [0.15, 0.2) is 53.4 Å². The normalized spacial score (nSPS) is 11.8. The number of alkyl carbamates (subject to hydrolysis) is 1. The van der Waals surface area contributed by atoms with E-state index in [9.17, 15) is 18.0 Å². The first kappa shape index (κ1) is 26.1. The van der Waals surface area contributed by atoms with Gasteiger partial charge in [-0.1, -0.05) is 17.7 Å². The summed E-state index contributed by atoms with van der Waals surface area (Å²) in [4.78, 5) is 29.2. The minimum absolute atomic E-state index is 0.0146. The number of hydrogen-bond donors (Lipinski definition) is 3. The van der Waals surface area contributed by atoms with Crippen LogP contribution in [-0.4, -0.2) is 44.1 Å². The van der Waals surface area contributed by atoms with Gasteiger partial charge in [-0.15, -0.1) is 0 Å². The van der Waals surface area contributed by atoms with Crippen LogP contribution in [0, 0.1) is 13.8 Å². The third-order valence-electron chi connectivity index (χ3n) is 4.82. The van der Waals surface area contributed by atoms with E-state index in [1.165, 1.54) is 12.1 Å². The lowest BCUT2D eigenvalue weighted by Crippen LogP contribution is -2.37. The number of hydrogen-bond acceptors (Lipinski definition) is 6. The number of nitrogens with one attached hydrogen (secondary N) is 3. The SMILES string of the molecule is Cc1ccc2nc(C)cc(C(=O)Nc3cccc(S(=O)(=O)NCCNC(=O)OC(C)(C)C)c3)c2c1. The molecule has 0 spiro atoms. The van der Waals surface area contributed by atoms with Crippen molar-refractivity contribution in [1.29, 1.82) is 0 Å². The van der Waals surface area contributed by atoms with Gasteiger partial charge in [-0.3, -0.25) is 9.78 Å². The van der Waals surface area contributed by atoms with Crippen molar-refractivity contribution in [2.24, 2.45) is 0 Å². The van der Waals surface area contributed by atoms with E-state index in [1.807, 2.05) is 32.0 Å². The summed E-state index contributed by atoms with van der Waals surface area (Å²) in [5.41, 5.74) is 2.55. The molecule has 10 heteroatoms. The van der Waals surface area contributed by atoms with Crippen LogP contribution in [0.3, 0.4) is 0 Å². The first-order valence-electron chi connectivity index (χ1n) is 11.1. The Morgan fingerprint density at radius 2 is 1.74 bits per heavy atom. The zero-order valence-corrected chi connectivity index (χ0v) is 21.2.